The summed E-state index contributed by atoms with van der Waals surface area (Å²) in [4.78, 5) is 21.6. The summed E-state index contributed by atoms with van der Waals surface area (Å²) in [7, 11) is 0. The fraction of sp³-hybridized carbons (Fsp3) is 0.227. The minimum atomic E-state index is -2.79. The molecule has 0 aliphatic heterocycles. The summed E-state index contributed by atoms with van der Waals surface area (Å²) in [6.07, 6.45) is 0.547. The number of rotatable bonds is 5. The average Bonchev–Trinajstić information content (AvgIpc) is 3.10. The zero-order chi connectivity index (χ0) is 20.5. The molecule has 0 amide bonds. The molecule has 29 heavy (non-hydrogen) atoms. The number of ether oxygens (including phenoxy) is 1. The monoisotopic (exact) mass is 395 g/mol. The van der Waals surface area contributed by atoms with Crippen LogP contribution in [0.15, 0.2) is 48.5 Å². The molecule has 0 N–H and O–H groups in total. The summed E-state index contributed by atoms with van der Waals surface area (Å²) in [5, 5.41) is 0.858. The van der Waals surface area contributed by atoms with Crippen LogP contribution < -0.4 is 0 Å². The van der Waals surface area contributed by atoms with Crippen molar-refractivity contribution in [3.8, 4) is 0 Å². The number of hydrogen-bond acceptors (Lipinski definition) is 4. The first-order valence-corrected chi connectivity index (χ1v) is 9.30. The summed E-state index contributed by atoms with van der Waals surface area (Å²) in [5.41, 5.74) is 3.29. The van der Waals surface area contributed by atoms with E-state index in [-0.39, 0.29) is 12.4 Å². The van der Waals surface area contributed by atoms with Gasteiger partial charge in [-0.05, 0) is 37.1 Å². The summed E-state index contributed by atoms with van der Waals surface area (Å²) in [6.45, 7) is 0.608. The number of nitrogens with zero attached hydrogens (tertiary/aromatic N) is 3. The van der Waals surface area contributed by atoms with Gasteiger partial charge in [0, 0.05) is 5.39 Å². The molecular weight excluding hydrogens is 376 g/mol. The summed E-state index contributed by atoms with van der Waals surface area (Å²) in [5.74, 6) is -0.593. The Morgan fingerprint density at radius 3 is 2.48 bits per heavy atom. The zero-order valence-corrected chi connectivity index (χ0v) is 16.0. The molecule has 0 aliphatic carbocycles. The Morgan fingerprint density at radius 1 is 1.07 bits per heavy atom. The minimum Gasteiger partial charge on any atom is -0.454 e. The molecule has 4 rings (SSSR count). The van der Waals surface area contributed by atoms with E-state index in [2.05, 4.69) is 9.97 Å². The number of carbonyl (C=O) groups excluding carboxylic acids is 1. The number of aromatic nitrogens is 3. The average molecular weight is 395 g/mol. The predicted octanol–water partition coefficient (Wildman–Crippen LogP) is 5.21. The quantitative estimate of drug-likeness (QED) is 0.436. The molecule has 148 valence electrons. The van der Waals surface area contributed by atoms with E-state index in [0.29, 0.717) is 28.7 Å². The van der Waals surface area contributed by atoms with Gasteiger partial charge in [0.1, 0.15) is 6.61 Å². The van der Waals surface area contributed by atoms with E-state index < -0.39 is 12.5 Å². The molecule has 2 heterocycles. The number of benzene rings is 2. The van der Waals surface area contributed by atoms with Crippen molar-refractivity contribution in [3.63, 3.8) is 0 Å². The molecule has 0 radical (unpaired) electrons. The van der Waals surface area contributed by atoms with Crippen molar-refractivity contribution < 1.29 is 18.3 Å². The third kappa shape index (κ3) is 3.33. The third-order valence-electron chi connectivity index (χ3n) is 4.96. The van der Waals surface area contributed by atoms with Crippen LogP contribution in [0.25, 0.3) is 21.9 Å². The SMILES string of the molecule is CCc1nc2ccccc2c(C)c1C(=O)OCc1nc2ccccc2n1C(F)F. The second-order valence-corrected chi connectivity index (χ2v) is 6.67. The number of alkyl halides is 2. The first-order valence-electron chi connectivity index (χ1n) is 9.30. The van der Waals surface area contributed by atoms with E-state index in [1.807, 2.05) is 38.1 Å². The molecule has 0 bridgehead atoms. The summed E-state index contributed by atoms with van der Waals surface area (Å²) in [6, 6.07) is 14.1. The largest absolute Gasteiger partial charge is 0.454 e. The molecular formula is C22H19F2N3O2. The zero-order valence-electron chi connectivity index (χ0n) is 16.0. The maximum Gasteiger partial charge on any atom is 0.340 e. The minimum absolute atomic E-state index is 0.000926. The van der Waals surface area contributed by atoms with E-state index in [4.69, 9.17) is 4.74 Å². The molecule has 5 nitrogen and oxygen atoms in total. The maximum atomic E-state index is 13.6. The van der Waals surface area contributed by atoms with Crippen LogP contribution in [0.3, 0.4) is 0 Å². The molecule has 4 aromatic rings. The Balaban J connectivity index is 1.69. The van der Waals surface area contributed by atoms with E-state index in [1.165, 1.54) is 0 Å². The van der Waals surface area contributed by atoms with Gasteiger partial charge in [0.15, 0.2) is 5.82 Å². The van der Waals surface area contributed by atoms with Crippen LogP contribution >= 0.6 is 0 Å². The van der Waals surface area contributed by atoms with Crippen molar-refractivity contribution in [2.45, 2.75) is 33.4 Å². The van der Waals surface area contributed by atoms with Crippen molar-refractivity contribution in [2.24, 2.45) is 0 Å². The Labute approximate surface area is 166 Å². The van der Waals surface area contributed by atoms with Crippen LogP contribution in [0.1, 0.15) is 40.9 Å². The Hall–Kier alpha value is -3.35. The first-order chi connectivity index (χ1) is 14.0. The number of carbonyl (C=O) groups is 1. The number of aryl methyl sites for hydroxylation is 2. The number of hydrogen-bond donors (Lipinski definition) is 0. The topological polar surface area (TPSA) is 57.0 Å². The van der Waals surface area contributed by atoms with Crippen LogP contribution in [-0.2, 0) is 17.8 Å². The van der Waals surface area contributed by atoms with Gasteiger partial charge in [-0.15, -0.1) is 0 Å². The lowest BCUT2D eigenvalue weighted by molar-refractivity contribution is 0.0385. The molecule has 0 aliphatic rings. The normalized spacial score (nSPS) is 11.5. The maximum absolute atomic E-state index is 13.6. The molecule has 7 heteroatoms. The van der Waals surface area contributed by atoms with Crippen molar-refractivity contribution in [2.75, 3.05) is 0 Å². The second-order valence-electron chi connectivity index (χ2n) is 6.67. The van der Waals surface area contributed by atoms with Crippen LogP contribution in [0.5, 0.6) is 0 Å². The van der Waals surface area contributed by atoms with Gasteiger partial charge < -0.3 is 4.74 Å². The number of halogens is 2. The number of para-hydroxylation sites is 3. The summed E-state index contributed by atoms with van der Waals surface area (Å²) < 4.78 is 33.3. The van der Waals surface area contributed by atoms with Gasteiger partial charge in [-0.3, -0.25) is 9.55 Å². The molecule has 0 saturated carbocycles. The highest BCUT2D eigenvalue weighted by Gasteiger charge is 2.22. The van der Waals surface area contributed by atoms with E-state index in [9.17, 15) is 13.6 Å². The molecule has 0 saturated heterocycles. The van der Waals surface area contributed by atoms with Gasteiger partial charge >= 0.3 is 12.5 Å². The molecule has 2 aromatic heterocycles. The molecule has 2 aromatic carbocycles. The lowest BCUT2D eigenvalue weighted by atomic mass is 10.0. The van der Waals surface area contributed by atoms with E-state index in [1.54, 1.807) is 24.3 Å². The van der Waals surface area contributed by atoms with Crippen molar-refractivity contribution in [3.05, 3.63) is 71.2 Å². The number of esters is 1. The van der Waals surface area contributed by atoms with Crippen molar-refractivity contribution in [1.29, 1.82) is 0 Å². The number of imidazole rings is 1. The van der Waals surface area contributed by atoms with Crippen LogP contribution in [0.4, 0.5) is 8.78 Å². The Bertz CT molecular complexity index is 1220. The van der Waals surface area contributed by atoms with Gasteiger partial charge in [-0.25, -0.2) is 9.78 Å². The number of fused-ring (bicyclic) bond motifs is 2. The Morgan fingerprint density at radius 2 is 1.76 bits per heavy atom. The van der Waals surface area contributed by atoms with Gasteiger partial charge in [0.05, 0.1) is 27.8 Å². The molecule has 0 spiro atoms. The fourth-order valence-corrected chi connectivity index (χ4v) is 3.58. The lowest BCUT2D eigenvalue weighted by Crippen LogP contribution is -2.14. The van der Waals surface area contributed by atoms with Gasteiger partial charge in [-0.1, -0.05) is 37.3 Å². The molecule has 0 atom stereocenters. The van der Waals surface area contributed by atoms with Gasteiger partial charge in [0.2, 0.25) is 0 Å². The van der Waals surface area contributed by atoms with Crippen molar-refractivity contribution >= 4 is 27.9 Å². The van der Waals surface area contributed by atoms with Crippen LogP contribution in [0, 0.1) is 6.92 Å². The van der Waals surface area contributed by atoms with Crippen LogP contribution in [0.2, 0.25) is 0 Å². The third-order valence-corrected chi connectivity index (χ3v) is 4.96. The highest BCUT2D eigenvalue weighted by atomic mass is 19.3. The van der Waals surface area contributed by atoms with Gasteiger partial charge in [-0.2, -0.15) is 8.78 Å². The predicted molar refractivity (Wildman–Crippen MR) is 106 cm³/mol. The smallest absolute Gasteiger partial charge is 0.340 e. The lowest BCUT2D eigenvalue weighted by Gasteiger charge is -2.14. The summed E-state index contributed by atoms with van der Waals surface area (Å²) >= 11 is 0. The van der Waals surface area contributed by atoms with E-state index >= 15 is 0 Å². The van der Waals surface area contributed by atoms with Gasteiger partial charge in [0.25, 0.3) is 0 Å². The highest BCUT2D eigenvalue weighted by molar-refractivity contribution is 5.98. The second kappa shape index (κ2) is 7.58. The molecule has 0 unspecified atom stereocenters. The van der Waals surface area contributed by atoms with Crippen LogP contribution in [-0.4, -0.2) is 20.5 Å². The standard InChI is InChI=1S/C22H19F2N3O2/c1-3-15-20(13(2)14-8-4-5-9-16(14)25-15)21(28)29-12-19-26-17-10-6-7-11-18(17)27(19)22(23)24/h4-11,22H,3,12H2,1-2H3. The first kappa shape index (κ1) is 19.0. The van der Waals surface area contributed by atoms with E-state index in [0.717, 1.165) is 21.0 Å². The fourth-order valence-electron chi connectivity index (χ4n) is 3.58. The highest BCUT2D eigenvalue weighted by Crippen LogP contribution is 2.26. The Kier molecular flexibility index (Phi) is 4.96. The van der Waals surface area contributed by atoms with Crippen molar-refractivity contribution in [1.82, 2.24) is 14.5 Å². The molecule has 0 fully saturated rings. The number of pyridine rings is 1.